The molecule has 8 heteroatoms. The SMILES string of the molecule is O=C(N/N=C\c1c(F)cccc1F)c1cc(-c2ccc(F)cc2F)ccc1O. The maximum absolute atomic E-state index is 13.9. The van der Waals surface area contributed by atoms with E-state index in [1.165, 1.54) is 24.3 Å². The number of phenolic OH excluding ortho intramolecular Hbond substituents is 1. The van der Waals surface area contributed by atoms with E-state index >= 15 is 0 Å². The van der Waals surface area contributed by atoms with Crippen LogP contribution < -0.4 is 5.43 Å². The van der Waals surface area contributed by atoms with Crippen LogP contribution in [0.4, 0.5) is 17.6 Å². The molecule has 3 aromatic rings. The second kappa shape index (κ2) is 7.91. The fraction of sp³-hybridized carbons (Fsp3) is 0. The number of rotatable bonds is 4. The second-order valence-corrected chi connectivity index (χ2v) is 5.69. The van der Waals surface area contributed by atoms with Crippen LogP contribution in [0.1, 0.15) is 15.9 Å². The Labute approximate surface area is 156 Å². The van der Waals surface area contributed by atoms with Crippen molar-refractivity contribution in [1.82, 2.24) is 5.43 Å². The van der Waals surface area contributed by atoms with Crippen molar-refractivity contribution in [1.29, 1.82) is 0 Å². The molecule has 142 valence electrons. The van der Waals surface area contributed by atoms with Gasteiger partial charge in [0.1, 0.15) is 29.0 Å². The first-order valence-electron chi connectivity index (χ1n) is 7.92. The van der Waals surface area contributed by atoms with Crippen LogP contribution in [0.5, 0.6) is 5.75 Å². The van der Waals surface area contributed by atoms with Crippen LogP contribution in [0, 0.1) is 23.3 Å². The van der Waals surface area contributed by atoms with Gasteiger partial charge in [-0.1, -0.05) is 12.1 Å². The number of nitrogens with zero attached hydrogens (tertiary/aromatic N) is 1. The summed E-state index contributed by atoms with van der Waals surface area (Å²) in [7, 11) is 0. The van der Waals surface area contributed by atoms with Crippen LogP contribution in [0.2, 0.25) is 0 Å². The van der Waals surface area contributed by atoms with Crippen molar-refractivity contribution in [2.45, 2.75) is 0 Å². The minimum atomic E-state index is -0.894. The molecule has 1 amide bonds. The minimum absolute atomic E-state index is 0.0207. The van der Waals surface area contributed by atoms with Gasteiger partial charge in [-0.2, -0.15) is 5.10 Å². The van der Waals surface area contributed by atoms with Crippen molar-refractivity contribution >= 4 is 12.1 Å². The number of carbonyl (C=O) groups is 1. The Morgan fingerprint density at radius 2 is 1.64 bits per heavy atom. The summed E-state index contributed by atoms with van der Waals surface area (Å²) in [6, 6.07) is 9.86. The van der Waals surface area contributed by atoms with E-state index in [2.05, 4.69) is 5.10 Å². The molecule has 4 nitrogen and oxygen atoms in total. The monoisotopic (exact) mass is 388 g/mol. The topological polar surface area (TPSA) is 61.7 Å². The molecule has 0 radical (unpaired) electrons. The van der Waals surface area contributed by atoms with E-state index < -0.39 is 40.5 Å². The number of hydrogen-bond donors (Lipinski definition) is 2. The fourth-order valence-electron chi connectivity index (χ4n) is 2.46. The van der Waals surface area contributed by atoms with Gasteiger partial charge in [-0.15, -0.1) is 0 Å². The normalized spacial score (nSPS) is 11.0. The summed E-state index contributed by atoms with van der Waals surface area (Å²) in [6.45, 7) is 0. The van der Waals surface area contributed by atoms with Gasteiger partial charge in [-0.3, -0.25) is 4.79 Å². The molecule has 0 saturated heterocycles. The molecule has 0 fully saturated rings. The third-order valence-electron chi connectivity index (χ3n) is 3.84. The zero-order valence-corrected chi connectivity index (χ0v) is 14.1. The Hall–Kier alpha value is -3.68. The Balaban J connectivity index is 1.85. The summed E-state index contributed by atoms with van der Waals surface area (Å²) in [6.07, 6.45) is 0.781. The lowest BCUT2D eigenvalue weighted by Crippen LogP contribution is -2.18. The third kappa shape index (κ3) is 4.01. The van der Waals surface area contributed by atoms with Gasteiger partial charge in [0.25, 0.3) is 5.91 Å². The molecule has 0 saturated carbocycles. The number of aromatic hydroxyl groups is 1. The van der Waals surface area contributed by atoms with Crippen molar-refractivity contribution in [3.8, 4) is 16.9 Å². The highest BCUT2D eigenvalue weighted by atomic mass is 19.1. The van der Waals surface area contributed by atoms with Crippen LogP contribution >= 0.6 is 0 Å². The number of halogens is 4. The summed E-state index contributed by atoms with van der Waals surface area (Å²) in [5.41, 5.74) is 1.55. The average Bonchev–Trinajstić information content (AvgIpc) is 2.65. The van der Waals surface area contributed by atoms with E-state index in [4.69, 9.17) is 0 Å². The molecule has 0 bridgehead atoms. The smallest absolute Gasteiger partial charge is 0.275 e. The van der Waals surface area contributed by atoms with E-state index in [0.717, 1.165) is 30.5 Å². The molecule has 3 rings (SSSR count). The van der Waals surface area contributed by atoms with Gasteiger partial charge in [0.15, 0.2) is 0 Å². The lowest BCUT2D eigenvalue weighted by Gasteiger charge is -2.08. The van der Waals surface area contributed by atoms with Crippen molar-refractivity contribution in [3.05, 3.63) is 89.0 Å². The van der Waals surface area contributed by atoms with Crippen molar-refractivity contribution in [2.24, 2.45) is 5.10 Å². The third-order valence-corrected chi connectivity index (χ3v) is 3.84. The lowest BCUT2D eigenvalue weighted by atomic mass is 10.0. The molecule has 0 aliphatic carbocycles. The Bertz CT molecular complexity index is 1060. The molecule has 3 aromatic carbocycles. The number of hydrazone groups is 1. The second-order valence-electron chi connectivity index (χ2n) is 5.69. The molecular formula is C20H12F4N2O2. The molecule has 0 heterocycles. The van der Waals surface area contributed by atoms with Crippen LogP contribution in [-0.2, 0) is 0 Å². The van der Waals surface area contributed by atoms with Gasteiger partial charge in [-0.05, 0) is 42.0 Å². The maximum Gasteiger partial charge on any atom is 0.275 e. The molecule has 0 aliphatic rings. The molecule has 0 spiro atoms. The maximum atomic E-state index is 13.9. The highest BCUT2D eigenvalue weighted by Crippen LogP contribution is 2.28. The standard InChI is InChI=1S/C20H12F4N2O2/c21-12-5-6-13(18(24)9-12)11-4-7-19(27)14(8-11)20(28)26-25-10-15-16(22)2-1-3-17(15)23/h1-10,27H,(H,26,28)/b25-10-. The number of nitrogens with one attached hydrogen (secondary N) is 1. The first kappa shape index (κ1) is 19.1. The average molecular weight is 388 g/mol. The summed E-state index contributed by atoms with van der Waals surface area (Å²) < 4.78 is 54.0. The fourth-order valence-corrected chi connectivity index (χ4v) is 2.46. The van der Waals surface area contributed by atoms with Gasteiger partial charge in [-0.25, -0.2) is 23.0 Å². The van der Waals surface area contributed by atoms with E-state index in [1.54, 1.807) is 0 Å². The van der Waals surface area contributed by atoms with Gasteiger partial charge in [0.2, 0.25) is 0 Å². The first-order valence-corrected chi connectivity index (χ1v) is 7.92. The molecule has 2 N–H and O–H groups in total. The number of hydrogen-bond acceptors (Lipinski definition) is 3. The lowest BCUT2D eigenvalue weighted by molar-refractivity contribution is 0.0952. The molecule has 28 heavy (non-hydrogen) atoms. The minimum Gasteiger partial charge on any atom is -0.507 e. The highest BCUT2D eigenvalue weighted by molar-refractivity contribution is 5.98. The Morgan fingerprint density at radius 3 is 2.32 bits per heavy atom. The quantitative estimate of drug-likeness (QED) is 0.396. The molecule has 0 aromatic heterocycles. The summed E-state index contributed by atoms with van der Waals surface area (Å²) >= 11 is 0. The summed E-state index contributed by atoms with van der Waals surface area (Å²) in [5, 5.41) is 13.4. The predicted octanol–water partition coefficient (Wildman–Crippen LogP) is 4.38. The number of carbonyl (C=O) groups excluding carboxylic acids is 1. The van der Waals surface area contributed by atoms with Crippen LogP contribution in [-0.4, -0.2) is 17.2 Å². The van der Waals surface area contributed by atoms with Gasteiger partial charge in [0, 0.05) is 11.6 Å². The van der Waals surface area contributed by atoms with Crippen molar-refractivity contribution in [3.63, 3.8) is 0 Å². The Morgan fingerprint density at radius 1 is 0.929 bits per heavy atom. The van der Waals surface area contributed by atoms with Crippen LogP contribution in [0.3, 0.4) is 0 Å². The summed E-state index contributed by atoms with van der Waals surface area (Å²) in [5.74, 6) is -4.65. The Kier molecular flexibility index (Phi) is 5.39. The van der Waals surface area contributed by atoms with Gasteiger partial charge < -0.3 is 5.11 Å². The number of phenols is 1. The highest BCUT2D eigenvalue weighted by Gasteiger charge is 2.14. The number of benzene rings is 3. The van der Waals surface area contributed by atoms with Crippen molar-refractivity contribution in [2.75, 3.05) is 0 Å². The van der Waals surface area contributed by atoms with E-state index in [9.17, 15) is 27.5 Å². The zero-order valence-electron chi connectivity index (χ0n) is 14.1. The number of amides is 1. The molecule has 0 atom stereocenters. The van der Waals surface area contributed by atoms with E-state index in [1.807, 2.05) is 5.43 Å². The van der Waals surface area contributed by atoms with Crippen LogP contribution in [0.25, 0.3) is 11.1 Å². The predicted molar refractivity (Wildman–Crippen MR) is 94.9 cm³/mol. The summed E-state index contributed by atoms with van der Waals surface area (Å²) in [4.78, 5) is 12.2. The van der Waals surface area contributed by atoms with Gasteiger partial charge >= 0.3 is 0 Å². The van der Waals surface area contributed by atoms with E-state index in [0.29, 0.717) is 6.07 Å². The molecule has 0 unspecified atom stereocenters. The molecular weight excluding hydrogens is 376 g/mol. The van der Waals surface area contributed by atoms with Crippen LogP contribution in [0.15, 0.2) is 59.7 Å². The largest absolute Gasteiger partial charge is 0.507 e. The van der Waals surface area contributed by atoms with E-state index in [-0.39, 0.29) is 16.7 Å². The zero-order chi connectivity index (χ0) is 20.3. The van der Waals surface area contributed by atoms with Gasteiger partial charge in [0.05, 0.1) is 17.3 Å². The molecule has 0 aliphatic heterocycles. The van der Waals surface area contributed by atoms with Crippen molar-refractivity contribution < 1.29 is 27.5 Å². The first-order chi connectivity index (χ1) is 13.4.